The van der Waals surface area contributed by atoms with Crippen LogP contribution in [0.1, 0.15) is 20.3 Å². The second-order valence-corrected chi connectivity index (χ2v) is 5.98. The molecule has 0 bridgehead atoms. The average Bonchev–Trinajstić information content (AvgIpc) is 2.79. The quantitative estimate of drug-likeness (QED) is 0.861. The molecular weight excluding hydrogens is 252 g/mol. The van der Waals surface area contributed by atoms with Crippen molar-refractivity contribution in [2.45, 2.75) is 32.4 Å². The summed E-state index contributed by atoms with van der Waals surface area (Å²) in [6.45, 7) is 5.51. The van der Waals surface area contributed by atoms with Crippen molar-refractivity contribution in [3.63, 3.8) is 0 Å². The number of carbonyl (C=O) groups excluding carboxylic acids is 1. The first-order valence-corrected chi connectivity index (χ1v) is 6.95. The number of benzene rings is 1. The maximum atomic E-state index is 12.4. The van der Waals surface area contributed by atoms with Gasteiger partial charge >= 0.3 is 0 Å². The first-order valence-electron chi connectivity index (χ1n) is 6.95. The Hall–Kier alpha value is -1.97. The number of methoxy groups -OCH3 is 1. The van der Waals surface area contributed by atoms with Crippen LogP contribution in [0.2, 0.25) is 0 Å². The van der Waals surface area contributed by atoms with Crippen LogP contribution in [0.5, 0.6) is 5.75 Å². The van der Waals surface area contributed by atoms with Gasteiger partial charge in [0, 0.05) is 29.2 Å². The SMILES string of the molecule is COc1ccc2c(ccn2CC(=O)N2CCC2(C)C)c1. The highest BCUT2D eigenvalue weighted by Gasteiger charge is 2.38. The predicted molar refractivity (Wildman–Crippen MR) is 78.9 cm³/mol. The topological polar surface area (TPSA) is 34.5 Å². The van der Waals surface area contributed by atoms with Crippen LogP contribution >= 0.6 is 0 Å². The first-order chi connectivity index (χ1) is 9.51. The fraction of sp³-hybridized carbons (Fsp3) is 0.438. The van der Waals surface area contributed by atoms with Crippen LogP contribution in [0.3, 0.4) is 0 Å². The number of hydrogen-bond donors (Lipinski definition) is 0. The summed E-state index contributed by atoms with van der Waals surface area (Å²) in [6, 6.07) is 7.94. The highest BCUT2D eigenvalue weighted by Crippen LogP contribution is 2.30. The molecule has 1 amide bonds. The largest absolute Gasteiger partial charge is 0.497 e. The molecule has 2 aromatic rings. The maximum Gasteiger partial charge on any atom is 0.242 e. The van der Waals surface area contributed by atoms with Crippen LogP contribution in [0.15, 0.2) is 30.5 Å². The summed E-state index contributed by atoms with van der Waals surface area (Å²) in [5.41, 5.74) is 1.08. The summed E-state index contributed by atoms with van der Waals surface area (Å²) in [5, 5.41) is 1.10. The molecule has 1 aromatic carbocycles. The fourth-order valence-electron chi connectivity index (χ4n) is 2.81. The van der Waals surface area contributed by atoms with Crippen molar-refractivity contribution in [1.29, 1.82) is 0 Å². The molecule has 3 rings (SSSR count). The fourth-order valence-corrected chi connectivity index (χ4v) is 2.81. The minimum Gasteiger partial charge on any atom is -0.497 e. The number of fused-ring (bicyclic) bond motifs is 1. The third-order valence-corrected chi connectivity index (χ3v) is 4.26. The molecule has 106 valence electrons. The van der Waals surface area contributed by atoms with Crippen LogP contribution in [0.25, 0.3) is 10.9 Å². The molecule has 0 unspecified atom stereocenters. The van der Waals surface area contributed by atoms with Crippen molar-refractivity contribution < 1.29 is 9.53 Å². The smallest absolute Gasteiger partial charge is 0.242 e. The van der Waals surface area contributed by atoms with E-state index in [-0.39, 0.29) is 11.4 Å². The molecule has 20 heavy (non-hydrogen) atoms. The van der Waals surface area contributed by atoms with Gasteiger partial charge in [-0.2, -0.15) is 0 Å². The number of nitrogens with zero attached hydrogens (tertiary/aromatic N) is 2. The zero-order chi connectivity index (χ0) is 14.3. The summed E-state index contributed by atoms with van der Waals surface area (Å²) in [7, 11) is 1.66. The molecule has 0 radical (unpaired) electrons. The van der Waals surface area contributed by atoms with Crippen molar-refractivity contribution in [3.05, 3.63) is 30.5 Å². The van der Waals surface area contributed by atoms with Gasteiger partial charge in [0.2, 0.25) is 5.91 Å². The monoisotopic (exact) mass is 272 g/mol. The second kappa shape index (κ2) is 4.54. The molecule has 2 heterocycles. The molecule has 4 heteroatoms. The molecule has 0 spiro atoms. The molecule has 1 aromatic heterocycles. The number of aromatic nitrogens is 1. The minimum absolute atomic E-state index is 0.0171. The third-order valence-electron chi connectivity index (χ3n) is 4.26. The summed E-state index contributed by atoms with van der Waals surface area (Å²) >= 11 is 0. The Kier molecular flexibility index (Phi) is 2.96. The van der Waals surface area contributed by atoms with Gasteiger partial charge in [-0.15, -0.1) is 0 Å². The first kappa shape index (κ1) is 13.0. The van der Waals surface area contributed by atoms with Gasteiger partial charge in [0.15, 0.2) is 0 Å². The Bertz CT molecular complexity index is 658. The minimum atomic E-state index is 0.0171. The van der Waals surface area contributed by atoms with Crippen molar-refractivity contribution in [3.8, 4) is 5.75 Å². The molecule has 1 saturated heterocycles. The van der Waals surface area contributed by atoms with Gasteiger partial charge in [0.1, 0.15) is 12.3 Å². The number of hydrogen-bond acceptors (Lipinski definition) is 2. The Balaban J connectivity index is 1.83. The van der Waals surface area contributed by atoms with E-state index in [4.69, 9.17) is 4.74 Å². The van der Waals surface area contributed by atoms with Gasteiger partial charge in [0.25, 0.3) is 0 Å². The van der Waals surface area contributed by atoms with Gasteiger partial charge in [-0.25, -0.2) is 0 Å². The summed E-state index contributed by atoms with van der Waals surface area (Å²) in [6.07, 6.45) is 3.05. The normalized spacial score (nSPS) is 17.1. The molecule has 1 aliphatic heterocycles. The predicted octanol–water partition coefficient (Wildman–Crippen LogP) is 2.66. The molecule has 0 atom stereocenters. The Morgan fingerprint density at radius 1 is 1.35 bits per heavy atom. The van der Waals surface area contributed by atoms with Crippen LogP contribution in [0, 0.1) is 0 Å². The number of carbonyl (C=O) groups is 1. The Labute approximate surface area is 118 Å². The zero-order valence-corrected chi connectivity index (χ0v) is 12.2. The van der Waals surface area contributed by atoms with E-state index >= 15 is 0 Å². The van der Waals surface area contributed by atoms with Crippen LogP contribution in [0.4, 0.5) is 0 Å². The lowest BCUT2D eigenvalue weighted by Crippen LogP contribution is -2.59. The summed E-state index contributed by atoms with van der Waals surface area (Å²) < 4.78 is 7.23. The van der Waals surface area contributed by atoms with E-state index in [1.165, 1.54) is 0 Å². The Morgan fingerprint density at radius 3 is 2.75 bits per heavy atom. The van der Waals surface area contributed by atoms with Crippen molar-refractivity contribution >= 4 is 16.8 Å². The van der Waals surface area contributed by atoms with Gasteiger partial charge in [-0.1, -0.05) is 0 Å². The average molecular weight is 272 g/mol. The van der Waals surface area contributed by atoms with Crippen LogP contribution < -0.4 is 4.74 Å². The van der Waals surface area contributed by atoms with E-state index in [9.17, 15) is 4.79 Å². The van der Waals surface area contributed by atoms with Crippen LogP contribution in [-0.2, 0) is 11.3 Å². The second-order valence-electron chi connectivity index (χ2n) is 5.98. The molecule has 1 fully saturated rings. The van der Waals surface area contributed by atoms with Gasteiger partial charge in [-0.05, 0) is 44.5 Å². The molecule has 0 aliphatic carbocycles. The lowest BCUT2D eigenvalue weighted by atomic mass is 9.89. The van der Waals surface area contributed by atoms with E-state index in [1.807, 2.05) is 39.9 Å². The number of ether oxygens (including phenoxy) is 1. The Morgan fingerprint density at radius 2 is 2.15 bits per heavy atom. The zero-order valence-electron chi connectivity index (χ0n) is 12.2. The highest BCUT2D eigenvalue weighted by molar-refractivity contribution is 5.84. The van der Waals surface area contributed by atoms with Crippen LogP contribution in [-0.4, -0.2) is 34.6 Å². The van der Waals surface area contributed by atoms with E-state index < -0.39 is 0 Å². The van der Waals surface area contributed by atoms with Crippen molar-refractivity contribution in [2.24, 2.45) is 0 Å². The maximum absolute atomic E-state index is 12.4. The lowest BCUT2D eigenvalue weighted by molar-refractivity contribution is -0.145. The van der Waals surface area contributed by atoms with Gasteiger partial charge in [0.05, 0.1) is 7.11 Å². The molecule has 0 saturated carbocycles. The van der Waals surface area contributed by atoms with E-state index in [1.54, 1.807) is 7.11 Å². The number of likely N-dealkylation sites (tertiary alicyclic amines) is 1. The molecular formula is C16H20N2O2. The third kappa shape index (κ3) is 2.05. The summed E-state index contributed by atoms with van der Waals surface area (Å²) in [4.78, 5) is 14.3. The van der Waals surface area contributed by atoms with Gasteiger partial charge < -0.3 is 14.2 Å². The standard InChI is InChI=1S/C16H20N2O2/c1-16(2)7-9-18(16)15(19)11-17-8-6-12-10-13(20-3)4-5-14(12)17/h4-6,8,10H,7,9,11H2,1-3H3. The number of rotatable bonds is 3. The molecule has 1 aliphatic rings. The lowest BCUT2D eigenvalue weighted by Gasteiger charge is -2.48. The molecule has 4 nitrogen and oxygen atoms in total. The molecule has 0 N–H and O–H groups in total. The van der Waals surface area contributed by atoms with Crippen molar-refractivity contribution in [2.75, 3.05) is 13.7 Å². The highest BCUT2D eigenvalue weighted by atomic mass is 16.5. The van der Waals surface area contributed by atoms with E-state index in [0.29, 0.717) is 6.54 Å². The van der Waals surface area contributed by atoms with E-state index in [0.717, 1.165) is 29.6 Å². The summed E-state index contributed by atoms with van der Waals surface area (Å²) in [5.74, 6) is 1.03. The van der Waals surface area contributed by atoms with Crippen molar-refractivity contribution in [1.82, 2.24) is 9.47 Å². The number of amides is 1. The van der Waals surface area contributed by atoms with Gasteiger partial charge in [-0.3, -0.25) is 4.79 Å². The van der Waals surface area contributed by atoms with E-state index in [2.05, 4.69) is 13.8 Å².